The topological polar surface area (TPSA) is 62.5 Å². The summed E-state index contributed by atoms with van der Waals surface area (Å²) in [5.41, 5.74) is 0. The van der Waals surface area contributed by atoms with Gasteiger partial charge in [0, 0.05) is 6.04 Å². The second-order valence-corrected chi connectivity index (χ2v) is 5.49. The van der Waals surface area contributed by atoms with Gasteiger partial charge in [-0.2, -0.15) is 0 Å². The third-order valence-corrected chi connectivity index (χ3v) is 4.08. The molecule has 1 aromatic rings. The molecule has 0 bridgehead atoms. The summed E-state index contributed by atoms with van der Waals surface area (Å²) in [6, 6.07) is 3.70. The van der Waals surface area contributed by atoms with Crippen molar-refractivity contribution >= 4 is 5.97 Å². The van der Waals surface area contributed by atoms with Gasteiger partial charge in [0.2, 0.25) is 5.76 Å². The Morgan fingerprint density at radius 3 is 2.63 bits per heavy atom. The molecule has 1 saturated carbocycles. The number of carbonyl (C=O) groups is 1. The molecule has 2 N–H and O–H groups in total. The van der Waals surface area contributed by atoms with E-state index in [2.05, 4.69) is 12.2 Å². The molecule has 0 aliphatic heterocycles. The van der Waals surface area contributed by atoms with Crippen LogP contribution in [0.25, 0.3) is 0 Å². The molecule has 0 aromatic carbocycles. The van der Waals surface area contributed by atoms with Crippen molar-refractivity contribution in [2.75, 3.05) is 0 Å². The molecule has 2 rings (SSSR count). The Hall–Kier alpha value is -1.29. The van der Waals surface area contributed by atoms with E-state index in [1.165, 1.54) is 44.6 Å². The fourth-order valence-corrected chi connectivity index (χ4v) is 2.83. The van der Waals surface area contributed by atoms with Gasteiger partial charge in [-0.15, -0.1) is 0 Å². The maximum absolute atomic E-state index is 10.7. The summed E-state index contributed by atoms with van der Waals surface area (Å²) in [5, 5.41) is 12.3. The lowest BCUT2D eigenvalue weighted by Gasteiger charge is -2.23. The highest BCUT2D eigenvalue weighted by molar-refractivity contribution is 5.84. The first-order valence-electron chi connectivity index (χ1n) is 7.22. The van der Waals surface area contributed by atoms with Crippen molar-refractivity contribution < 1.29 is 14.3 Å². The Morgan fingerprint density at radius 1 is 1.37 bits per heavy atom. The Bertz CT molecular complexity index is 405. The van der Waals surface area contributed by atoms with E-state index in [0.717, 1.165) is 5.92 Å². The van der Waals surface area contributed by atoms with Gasteiger partial charge in [0.05, 0.1) is 6.54 Å². The molecular formula is C15H23NO3. The normalized spacial score (nSPS) is 19.0. The second kappa shape index (κ2) is 6.75. The molecule has 0 saturated heterocycles. The molecule has 1 heterocycles. The lowest BCUT2D eigenvalue weighted by molar-refractivity contribution is 0.0660. The molecule has 1 aliphatic carbocycles. The van der Waals surface area contributed by atoms with E-state index in [0.29, 0.717) is 18.3 Å². The van der Waals surface area contributed by atoms with Gasteiger partial charge in [0.15, 0.2) is 0 Å². The first-order valence-corrected chi connectivity index (χ1v) is 7.22. The summed E-state index contributed by atoms with van der Waals surface area (Å²) in [5.74, 6) is 0.427. The molecule has 4 nitrogen and oxygen atoms in total. The first-order chi connectivity index (χ1) is 9.16. The molecule has 4 heteroatoms. The summed E-state index contributed by atoms with van der Waals surface area (Å²) < 4.78 is 5.25. The van der Waals surface area contributed by atoms with Crippen LogP contribution in [0.3, 0.4) is 0 Å². The molecule has 1 aromatic heterocycles. The first kappa shape index (κ1) is 14.1. The van der Waals surface area contributed by atoms with Gasteiger partial charge in [-0.05, 0) is 37.8 Å². The highest BCUT2D eigenvalue weighted by Gasteiger charge is 2.19. The SMILES string of the molecule is C[C@@H](NCc1ccc(C(=O)O)o1)C1CCCCCC1. The smallest absolute Gasteiger partial charge is 0.371 e. The fourth-order valence-electron chi connectivity index (χ4n) is 2.83. The van der Waals surface area contributed by atoms with Crippen molar-refractivity contribution in [1.29, 1.82) is 0 Å². The monoisotopic (exact) mass is 265 g/mol. The summed E-state index contributed by atoms with van der Waals surface area (Å²) in [6.45, 7) is 2.82. The molecule has 0 spiro atoms. The zero-order chi connectivity index (χ0) is 13.7. The third-order valence-electron chi connectivity index (χ3n) is 4.08. The van der Waals surface area contributed by atoms with Crippen LogP contribution in [0.1, 0.15) is 61.8 Å². The van der Waals surface area contributed by atoms with Gasteiger partial charge in [-0.3, -0.25) is 0 Å². The van der Waals surface area contributed by atoms with Gasteiger partial charge in [-0.1, -0.05) is 25.7 Å². The molecule has 1 fully saturated rings. The number of furan rings is 1. The quantitative estimate of drug-likeness (QED) is 0.801. The minimum absolute atomic E-state index is 0.0129. The lowest BCUT2D eigenvalue weighted by atomic mass is 9.93. The maximum atomic E-state index is 10.7. The van der Waals surface area contributed by atoms with Crippen molar-refractivity contribution in [3.05, 3.63) is 23.7 Å². The molecule has 0 unspecified atom stereocenters. The van der Waals surface area contributed by atoms with Crippen LogP contribution in [-0.4, -0.2) is 17.1 Å². The Labute approximate surface area is 114 Å². The van der Waals surface area contributed by atoms with Gasteiger partial charge in [-0.25, -0.2) is 4.79 Å². The lowest BCUT2D eigenvalue weighted by Crippen LogP contribution is -2.32. The number of rotatable bonds is 5. The van der Waals surface area contributed by atoms with Crippen LogP contribution >= 0.6 is 0 Å². The van der Waals surface area contributed by atoms with Crippen LogP contribution in [0.15, 0.2) is 16.5 Å². The number of hydrogen-bond acceptors (Lipinski definition) is 3. The minimum Gasteiger partial charge on any atom is -0.475 e. The molecule has 0 radical (unpaired) electrons. The Morgan fingerprint density at radius 2 is 2.05 bits per heavy atom. The van der Waals surface area contributed by atoms with Crippen molar-refractivity contribution in [2.45, 2.75) is 58.0 Å². The van der Waals surface area contributed by atoms with E-state index < -0.39 is 5.97 Å². The zero-order valence-electron chi connectivity index (χ0n) is 11.5. The van der Waals surface area contributed by atoms with E-state index >= 15 is 0 Å². The Kier molecular flexibility index (Phi) is 5.02. The van der Waals surface area contributed by atoms with Crippen LogP contribution in [-0.2, 0) is 6.54 Å². The highest BCUT2D eigenvalue weighted by Crippen LogP contribution is 2.25. The molecule has 0 amide bonds. The van der Waals surface area contributed by atoms with Crippen LogP contribution in [0.4, 0.5) is 0 Å². The molecule has 1 aliphatic rings. The number of aromatic carboxylic acids is 1. The summed E-state index contributed by atoms with van der Waals surface area (Å²) in [6.07, 6.45) is 7.99. The third kappa shape index (κ3) is 4.10. The maximum Gasteiger partial charge on any atom is 0.371 e. The highest BCUT2D eigenvalue weighted by atomic mass is 16.4. The number of hydrogen-bond donors (Lipinski definition) is 2. The van der Waals surface area contributed by atoms with Crippen LogP contribution in [0.2, 0.25) is 0 Å². The van der Waals surface area contributed by atoms with Gasteiger partial charge in [0.25, 0.3) is 0 Å². The van der Waals surface area contributed by atoms with Crippen molar-refractivity contribution in [3.8, 4) is 0 Å². The van der Waals surface area contributed by atoms with Crippen LogP contribution < -0.4 is 5.32 Å². The summed E-state index contributed by atoms with van der Waals surface area (Å²) in [7, 11) is 0. The van der Waals surface area contributed by atoms with E-state index in [9.17, 15) is 4.79 Å². The average Bonchev–Trinajstić information content (AvgIpc) is 2.70. The molecule has 19 heavy (non-hydrogen) atoms. The van der Waals surface area contributed by atoms with Crippen molar-refractivity contribution in [3.63, 3.8) is 0 Å². The average molecular weight is 265 g/mol. The van der Waals surface area contributed by atoms with Crippen LogP contribution in [0.5, 0.6) is 0 Å². The predicted molar refractivity (Wildman–Crippen MR) is 73.2 cm³/mol. The van der Waals surface area contributed by atoms with E-state index in [-0.39, 0.29) is 5.76 Å². The summed E-state index contributed by atoms with van der Waals surface area (Å²) >= 11 is 0. The van der Waals surface area contributed by atoms with Gasteiger partial charge >= 0.3 is 5.97 Å². The molecule has 106 valence electrons. The summed E-state index contributed by atoms with van der Waals surface area (Å²) in [4.78, 5) is 10.7. The number of nitrogens with one attached hydrogen (secondary N) is 1. The van der Waals surface area contributed by atoms with E-state index in [1.807, 2.05) is 0 Å². The molecule has 1 atom stereocenters. The second-order valence-electron chi connectivity index (χ2n) is 5.49. The largest absolute Gasteiger partial charge is 0.475 e. The number of carboxylic acids is 1. The van der Waals surface area contributed by atoms with E-state index in [4.69, 9.17) is 9.52 Å². The van der Waals surface area contributed by atoms with Crippen molar-refractivity contribution in [2.24, 2.45) is 5.92 Å². The Balaban J connectivity index is 1.81. The zero-order valence-corrected chi connectivity index (χ0v) is 11.5. The molecular weight excluding hydrogens is 242 g/mol. The standard InChI is InChI=1S/C15H23NO3/c1-11(12-6-4-2-3-5-7-12)16-10-13-8-9-14(19-13)15(17)18/h8-9,11-12,16H,2-7,10H2,1H3,(H,17,18)/t11-/m1/s1. The fraction of sp³-hybridized carbons (Fsp3) is 0.667. The van der Waals surface area contributed by atoms with E-state index in [1.54, 1.807) is 6.07 Å². The minimum atomic E-state index is -1.01. The van der Waals surface area contributed by atoms with Gasteiger partial charge < -0.3 is 14.8 Å². The van der Waals surface area contributed by atoms with Crippen LogP contribution in [0, 0.1) is 5.92 Å². The number of carboxylic acid groups (broad SMARTS) is 1. The predicted octanol–water partition coefficient (Wildman–Crippen LogP) is 3.43. The van der Waals surface area contributed by atoms with Gasteiger partial charge in [0.1, 0.15) is 5.76 Å². The van der Waals surface area contributed by atoms with Crippen molar-refractivity contribution in [1.82, 2.24) is 5.32 Å².